The van der Waals surface area contributed by atoms with Crippen LogP contribution in [0.2, 0.25) is 0 Å². The summed E-state index contributed by atoms with van der Waals surface area (Å²) in [5.41, 5.74) is 3.10. The fourth-order valence-corrected chi connectivity index (χ4v) is 3.27. The van der Waals surface area contributed by atoms with E-state index in [-0.39, 0.29) is 0 Å². The van der Waals surface area contributed by atoms with Crippen molar-refractivity contribution in [3.05, 3.63) is 29.3 Å². The van der Waals surface area contributed by atoms with Crippen molar-refractivity contribution in [3.63, 3.8) is 0 Å². The van der Waals surface area contributed by atoms with E-state index in [9.17, 15) is 0 Å². The maximum atomic E-state index is 5.21. The highest BCUT2D eigenvalue weighted by molar-refractivity contribution is 8.00. The number of benzene rings is 1. The Labute approximate surface area is 108 Å². The Hall–Kier alpha value is -0.910. The maximum absolute atomic E-state index is 5.21. The molecule has 0 aromatic heterocycles. The lowest BCUT2D eigenvalue weighted by atomic mass is 10.1. The van der Waals surface area contributed by atoms with Gasteiger partial charge in [0.1, 0.15) is 0 Å². The third-order valence-electron chi connectivity index (χ3n) is 3.07. The zero-order chi connectivity index (χ0) is 12.1. The van der Waals surface area contributed by atoms with E-state index in [1.165, 1.54) is 24.2 Å². The third-order valence-corrected chi connectivity index (χ3v) is 4.16. The maximum Gasteiger partial charge on any atom is 0.0574 e. The summed E-state index contributed by atoms with van der Waals surface area (Å²) < 4.78 is 0. The van der Waals surface area contributed by atoms with Crippen LogP contribution >= 0.6 is 11.8 Å². The van der Waals surface area contributed by atoms with Crippen molar-refractivity contribution in [2.24, 2.45) is 0 Å². The molecule has 0 spiro atoms. The minimum Gasteiger partial charge on any atom is -0.305 e. The molecular formula is C15H19NS. The lowest BCUT2D eigenvalue weighted by molar-refractivity contribution is 0.748. The largest absolute Gasteiger partial charge is 0.305 e. The average molecular weight is 245 g/mol. The van der Waals surface area contributed by atoms with Crippen molar-refractivity contribution in [2.45, 2.75) is 36.3 Å². The summed E-state index contributed by atoms with van der Waals surface area (Å²) in [4.78, 5) is 1.39. The molecule has 1 N–H and O–H groups in total. The van der Waals surface area contributed by atoms with E-state index >= 15 is 0 Å². The number of rotatable bonds is 5. The zero-order valence-corrected chi connectivity index (χ0v) is 11.1. The van der Waals surface area contributed by atoms with Gasteiger partial charge < -0.3 is 5.32 Å². The van der Waals surface area contributed by atoms with Crippen molar-refractivity contribution < 1.29 is 0 Å². The second-order valence-electron chi connectivity index (χ2n) is 4.55. The summed E-state index contributed by atoms with van der Waals surface area (Å²) in [6, 6.07) is 6.92. The van der Waals surface area contributed by atoms with Gasteiger partial charge in [0, 0.05) is 16.7 Å². The van der Waals surface area contributed by atoms with Gasteiger partial charge in [0.15, 0.2) is 0 Å². The Morgan fingerprint density at radius 1 is 1.41 bits per heavy atom. The fourth-order valence-electron chi connectivity index (χ4n) is 2.24. The number of fused-ring (bicyclic) bond motifs is 1. The molecule has 2 heteroatoms. The average Bonchev–Trinajstić information content (AvgIpc) is 2.76. The normalized spacial score (nSPS) is 15.3. The van der Waals surface area contributed by atoms with Crippen molar-refractivity contribution in [3.8, 4) is 12.3 Å². The smallest absolute Gasteiger partial charge is 0.0574 e. The number of nitrogens with one attached hydrogen (secondary N) is 1. The quantitative estimate of drug-likeness (QED) is 0.486. The van der Waals surface area contributed by atoms with Crippen molar-refractivity contribution in [2.75, 3.05) is 13.1 Å². The summed E-state index contributed by atoms with van der Waals surface area (Å²) in [5, 5.41) is 3.81. The monoisotopic (exact) mass is 245 g/mol. The molecule has 0 amide bonds. The molecular weight excluding hydrogens is 226 g/mol. The number of hydrogen-bond donors (Lipinski definition) is 1. The third kappa shape index (κ3) is 3.52. The molecule has 1 aromatic carbocycles. The van der Waals surface area contributed by atoms with Crippen LogP contribution in [0.1, 0.15) is 24.5 Å². The van der Waals surface area contributed by atoms with Crippen molar-refractivity contribution in [1.29, 1.82) is 0 Å². The van der Waals surface area contributed by atoms with Gasteiger partial charge in [0.2, 0.25) is 0 Å². The second-order valence-corrected chi connectivity index (χ2v) is 6.06. The second kappa shape index (κ2) is 6.14. The summed E-state index contributed by atoms with van der Waals surface area (Å²) in [5.74, 6) is 2.60. The molecule has 1 aliphatic carbocycles. The molecule has 1 atom stereocenters. The van der Waals surface area contributed by atoms with Crippen LogP contribution in [0.15, 0.2) is 23.1 Å². The van der Waals surface area contributed by atoms with Crippen LogP contribution in [-0.4, -0.2) is 18.3 Å². The van der Waals surface area contributed by atoms with Gasteiger partial charge in [-0.2, -0.15) is 0 Å². The van der Waals surface area contributed by atoms with Gasteiger partial charge in [0.05, 0.1) is 6.54 Å². The summed E-state index contributed by atoms with van der Waals surface area (Å²) in [6.45, 7) is 3.86. The van der Waals surface area contributed by atoms with E-state index in [4.69, 9.17) is 6.42 Å². The van der Waals surface area contributed by atoms with E-state index in [1.807, 2.05) is 11.8 Å². The van der Waals surface area contributed by atoms with Crippen LogP contribution in [0.5, 0.6) is 0 Å². The lowest BCUT2D eigenvalue weighted by Crippen LogP contribution is -2.22. The minimum atomic E-state index is 0.558. The van der Waals surface area contributed by atoms with Crippen LogP contribution in [0, 0.1) is 12.3 Å². The zero-order valence-electron chi connectivity index (χ0n) is 10.3. The van der Waals surface area contributed by atoms with Crippen LogP contribution < -0.4 is 5.32 Å². The van der Waals surface area contributed by atoms with E-state index < -0.39 is 0 Å². The fraction of sp³-hybridized carbons (Fsp3) is 0.467. The van der Waals surface area contributed by atoms with E-state index in [1.54, 1.807) is 11.1 Å². The van der Waals surface area contributed by atoms with Crippen LogP contribution in [0.3, 0.4) is 0 Å². The van der Waals surface area contributed by atoms with Crippen molar-refractivity contribution >= 4 is 11.8 Å². The Balaban J connectivity index is 1.88. The number of thioether (sulfide) groups is 1. The Bertz CT molecular complexity index is 419. The number of terminal acetylenes is 1. The van der Waals surface area contributed by atoms with Crippen LogP contribution in [-0.2, 0) is 12.8 Å². The minimum absolute atomic E-state index is 0.558. The summed E-state index contributed by atoms with van der Waals surface area (Å²) >= 11 is 1.93. The topological polar surface area (TPSA) is 12.0 Å². The van der Waals surface area contributed by atoms with E-state index in [0.29, 0.717) is 11.8 Å². The first-order chi connectivity index (χ1) is 8.29. The molecule has 0 saturated heterocycles. The van der Waals surface area contributed by atoms with Gasteiger partial charge >= 0.3 is 0 Å². The molecule has 0 saturated carbocycles. The molecule has 1 unspecified atom stereocenters. The highest BCUT2D eigenvalue weighted by Crippen LogP contribution is 2.29. The van der Waals surface area contributed by atoms with Crippen molar-refractivity contribution in [1.82, 2.24) is 5.32 Å². The predicted molar refractivity (Wildman–Crippen MR) is 75.5 cm³/mol. The Morgan fingerprint density at radius 3 is 3.06 bits per heavy atom. The molecule has 0 aliphatic heterocycles. The summed E-state index contributed by atoms with van der Waals surface area (Å²) in [7, 11) is 0. The SMILES string of the molecule is C#CCNCC(C)Sc1ccc2c(c1)CCC2. The number of aryl methyl sites for hydroxylation is 2. The van der Waals surface area contributed by atoms with Gasteiger partial charge in [-0.1, -0.05) is 18.9 Å². The molecule has 17 heavy (non-hydrogen) atoms. The molecule has 0 heterocycles. The van der Waals surface area contributed by atoms with E-state index in [2.05, 4.69) is 36.4 Å². The number of hydrogen-bond acceptors (Lipinski definition) is 2. The van der Waals surface area contributed by atoms with Gasteiger partial charge in [0.25, 0.3) is 0 Å². The molecule has 1 aromatic rings. The molecule has 0 radical (unpaired) electrons. The lowest BCUT2D eigenvalue weighted by Gasteiger charge is -2.12. The first kappa shape index (κ1) is 12.5. The van der Waals surface area contributed by atoms with Gasteiger partial charge in [-0.3, -0.25) is 0 Å². The first-order valence-electron chi connectivity index (χ1n) is 6.22. The van der Waals surface area contributed by atoms with Crippen LogP contribution in [0.4, 0.5) is 0 Å². The van der Waals surface area contributed by atoms with Gasteiger partial charge in [-0.05, 0) is 42.5 Å². The standard InChI is InChI=1S/C15H19NS/c1-3-9-16-11-12(2)17-15-8-7-13-5-4-6-14(13)10-15/h1,7-8,10,12,16H,4-6,9,11H2,2H3. The molecule has 1 nitrogen and oxygen atoms in total. The highest BCUT2D eigenvalue weighted by atomic mass is 32.2. The van der Waals surface area contributed by atoms with Crippen LogP contribution in [0.25, 0.3) is 0 Å². The molecule has 0 fully saturated rings. The van der Waals surface area contributed by atoms with Gasteiger partial charge in [-0.15, -0.1) is 18.2 Å². The van der Waals surface area contributed by atoms with Gasteiger partial charge in [-0.25, -0.2) is 0 Å². The molecule has 0 bridgehead atoms. The molecule has 90 valence electrons. The van der Waals surface area contributed by atoms with E-state index in [0.717, 1.165) is 6.54 Å². The molecule has 1 aliphatic rings. The predicted octanol–water partition coefficient (Wildman–Crippen LogP) is 2.88. The summed E-state index contributed by atoms with van der Waals surface area (Å²) in [6.07, 6.45) is 9.05. The highest BCUT2D eigenvalue weighted by Gasteiger charge is 2.12. The molecule has 2 rings (SSSR count). The Kier molecular flexibility index (Phi) is 4.53. The Morgan fingerprint density at radius 2 is 2.24 bits per heavy atom. The first-order valence-corrected chi connectivity index (χ1v) is 7.10.